The quantitative estimate of drug-likeness (QED) is 0.175. The van der Waals surface area contributed by atoms with E-state index in [-0.39, 0.29) is 41.6 Å². The minimum Gasteiger partial charge on any atom is -0.493 e. The van der Waals surface area contributed by atoms with Crippen LogP contribution in [0, 0.1) is 0 Å². The molecule has 2 heterocycles. The highest BCUT2D eigenvalue weighted by molar-refractivity contribution is 6.53. The van der Waals surface area contributed by atoms with Gasteiger partial charge in [0, 0.05) is 0 Å². The summed E-state index contributed by atoms with van der Waals surface area (Å²) in [5, 5.41) is 21.0. The normalized spacial score (nSPS) is 15.9. The molecule has 5 rings (SSSR count). The molecule has 2 aliphatic rings. The van der Waals surface area contributed by atoms with Crippen LogP contribution in [-0.4, -0.2) is 51.7 Å². The van der Waals surface area contributed by atoms with Gasteiger partial charge in [-0.3, -0.25) is 4.79 Å². The van der Waals surface area contributed by atoms with Gasteiger partial charge in [0.25, 0.3) is 5.91 Å². The molecule has 0 spiro atoms. The third-order valence-electron chi connectivity index (χ3n) is 6.90. The Morgan fingerprint density at radius 3 is 2.24 bits per heavy atom. The fourth-order valence-corrected chi connectivity index (χ4v) is 4.76. The number of rotatable bonds is 10. The van der Waals surface area contributed by atoms with Crippen LogP contribution in [0.3, 0.4) is 0 Å². The van der Waals surface area contributed by atoms with Crippen molar-refractivity contribution in [2.45, 2.75) is 26.7 Å². The van der Waals surface area contributed by atoms with E-state index in [0.717, 1.165) is 18.4 Å². The molecule has 228 valence electrons. The maximum Gasteiger partial charge on any atom is 0.359 e. The second-order valence-corrected chi connectivity index (χ2v) is 9.85. The zero-order valence-electron chi connectivity index (χ0n) is 24.9. The first-order valence-electron chi connectivity index (χ1n) is 14.6. The van der Waals surface area contributed by atoms with Crippen LogP contribution in [0.4, 0.5) is 5.69 Å². The summed E-state index contributed by atoms with van der Waals surface area (Å²) in [6.45, 7) is 3.62. The van der Waals surface area contributed by atoms with Gasteiger partial charge in [0.05, 0.1) is 35.7 Å². The zero-order chi connectivity index (χ0) is 31.8. The number of para-hydroxylation sites is 2. The first-order chi connectivity index (χ1) is 21.9. The van der Waals surface area contributed by atoms with E-state index in [1.807, 2.05) is 30.4 Å². The Balaban J connectivity index is 1.59. The van der Waals surface area contributed by atoms with Crippen LogP contribution in [0.1, 0.15) is 42.7 Å². The van der Waals surface area contributed by atoms with E-state index in [4.69, 9.17) is 9.47 Å². The fourth-order valence-electron chi connectivity index (χ4n) is 4.76. The number of ether oxygens (including phenoxy) is 2. The van der Waals surface area contributed by atoms with E-state index in [9.17, 15) is 19.5 Å². The van der Waals surface area contributed by atoms with Gasteiger partial charge in [-0.1, -0.05) is 66.8 Å². The molecule has 1 N–H and O–H groups in total. The highest BCUT2D eigenvalue weighted by Crippen LogP contribution is 2.30. The number of esters is 2. The van der Waals surface area contributed by atoms with Crippen molar-refractivity contribution in [2.75, 3.05) is 18.2 Å². The van der Waals surface area contributed by atoms with Gasteiger partial charge >= 0.3 is 11.9 Å². The number of hydrogen-bond donors (Lipinski definition) is 1. The number of hydrazone groups is 1. The summed E-state index contributed by atoms with van der Waals surface area (Å²) in [6.07, 6.45) is 14.2. The van der Waals surface area contributed by atoms with E-state index < -0.39 is 17.8 Å². The van der Waals surface area contributed by atoms with Crippen molar-refractivity contribution in [1.29, 1.82) is 0 Å². The molecule has 0 saturated carbocycles. The molecular formula is C35H32N4O6. The predicted molar refractivity (Wildman–Crippen MR) is 171 cm³/mol. The second kappa shape index (κ2) is 14.1. The summed E-state index contributed by atoms with van der Waals surface area (Å²) in [4.78, 5) is 39.2. The van der Waals surface area contributed by atoms with Crippen LogP contribution >= 0.6 is 0 Å². The van der Waals surface area contributed by atoms with Gasteiger partial charge in [-0.2, -0.15) is 19.9 Å². The SMILES string of the molecule is CCOC(=O)C1=NN(c2ccccc2)C(=O)\C1=C/C=C(/C=C/c1c(C(=O)OCC)nn(-c2ccccc2)c1O)C1=CCCC=C1. The number of hydrogen-bond acceptors (Lipinski definition) is 8. The Labute approximate surface area is 260 Å². The van der Waals surface area contributed by atoms with Gasteiger partial charge in [0.1, 0.15) is 0 Å². The van der Waals surface area contributed by atoms with Crippen LogP contribution < -0.4 is 5.01 Å². The summed E-state index contributed by atoms with van der Waals surface area (Å²) in [5.41, 5.74) is 2.63. The predicted octanol–water partition coefficient (Wildman–Crippen LogP) is 5.86. The number of aromatic nitrogens is 2. The van der Waals surface area contributed by atoms with Gasteiger partial charge in [-0.05, 0) is 74.3 Å². The van der Waals surface area contributed by atoms with Crippen molar-refractivity contribution < 1.29 is 29.0 Å². The largest absolute Gasteiger partial charge is 0.493 e. The monoisotopic (exact) mass is 604 g/mol. The van der Waals surface area contributed by atoms with E-state index >= 15 is 0 Å². The molecule has 1 amide bonds. The van der Waals surface area contributed by atoms with Crippen molar-refractivity contribution in [3.05, 3.63) is 125 Å². The summed E-state index contributed by atoms with van der Waals surface area (Å²) >= 11 is 0. The number of anilines is 1. The fraction of sp³-hybridized carbons (Fsp3) is 0.171. The van der Waals surface area contributed by atoms with Crippen LogP contribution in [0.5, 0.6) is 5.88 Å². The molecule has 0 bridgehead atoms. The molecule has 10 heteroatoms. The average Bonchev–Trinajstić information content (AvgIpc) is 3.58. The standard InChI is InChI=1S/C35H32N4O6/c1-3-44-34(42)30-28(32(40)38(36-30)26-16-10-6-11-17-26)22-20-25(24-14-8-5-9-15-24)21-23-29-31(35(43)45-4-2)37-39(33(29)41)27-18-12-7-13-19-27/h6-8,10-23,40H,3-5,9H2,1-2H3/b22-20+,25-21-,29-23-. The molecule has 45 heavy (non-hydrogen) atoms. The van der Waals surface area contributed by atoms with E-state index in [1.165, 1.54) is 15.8 Å². The molecule has 1 aliphatic heterocycles. The van der Waals surface area contributed by atoms with E-state index in [0.29, 0.717) is 16.9 Å². The van der Waals surface area contributed by atoms with Gasteiger partial charge in [-0.25, -0.2) is 9.59 Å². The van der Waals surface area contributed by atoms with Gasteiger partial charge < -0.3 is 14.6 Å². The molecule has 0 radical (unpaired) electrons. The Morgan fingerprint density at radius 1 is 0.933 bits per heavy atom. The third kappa shape index (κ3) is 6.75. The number of allylic oxidation sites excluding steroid dienone is 8. The van der Waals surface area contributed by atoms with Crippen molar-refractivity contribution in [1.82, 2.24) is 9.78 Å². The maximum atomic E-state index is 13.5. The highest BCUT2D eigenvalue weighted by Gasteiger charge is 2.35. The van der Waals surface area contributed by atoms with Crippen LogP contribution in [-0.2, 0) is 19.1 Å². The highest BCUT2D eigenvalue weighted by atomic mass is 16.5. The number of aromatic hydroxyl groups is 1. The summed E-state index contributed by atoms with van der Waals surface area (Å²) in [6, 6.07) is 17.7. The molecule has 10 nitrogen and oxygen atoms in total. The topological polar surface area (TPSA) is 123 Å². The molecule has 0 saturated heterocycles. The third-order valence-corrected chi connectivity index (χ3v) is 6.90. The van der Waals surface area contributed by atoms with Crippen molar-refractivity contribution in [3.8, 4) is 11.6 Å². The first kappa shape index (κ1) is 30.7. The second-order valence-electron chi connectivity index (χ2n) is 9.85. The molecular weight excluding hydrogens is 572 g/mol. The Kier molecular flexibility index (Phi) is 9.64. The molecule has 0 fully saturated rings. The molecule has 3 aromatic rings. The minimum atomic E-state index is -0.713. The average molecular weight is 605 g/mol. The van der Waals surface area contributed by atoms with E-state index in [1.54, 1.807) is 80.6 Å². The lowest BCUT2D eigenvalue weighted by Gasteiger charge is -2.11. The lowest BCUT2D eigenvalue weighted by Crippen LogP contribution is -2.22. The first-order valence-corrected chi connectivity index (χ1v) is 14.6. The Morgan fingerprint density at radius 2 is 1.60 bits per heavy atom. The lowest BCUT2D eigenvalue weighted by atomic mass is 9.97. The number of carbonyl (C=O) groups excluding carboxylic acids is 3. The van der Waals surface area contributed by atoms with Gasteiger partial charge in [0.2, 0.25) is 5.88 Å². The Hall–Kier alpha value is -5.77. The summed E-state index contributed by atoms with van der Waals surface area (Å²) in [5.74, 6) is -2.12. The van der Waals surface area contributed by atoms with E-state index in [2.05, 4.69) is 10.2 Å². The van der Waals surface area contributed by atoms with Crippen LogP contribution in [0.15, 0.2) is 119 Å². The van der Waals surface area contributed by atoms with Gasteiger partial charge in [-0.15, -0.1) is 0 Å². The van der Waals surface area contributed by atoms with Crippen molar-refractivity contribution >= 4 is 35.3 Å². The van der Waals surface area contributed by atoms with Gasteiger partial charge in [0.15, 0.2) is 11.4 Å². The van der Waals surface area contributed by atoms with Crippen molar-refractivity contribution in [3.63, 3.8) is 0 Å². The lowest BCUT2D eigenvalue weighted by molar-refractivity contribution is -0.135. The maximum absolute atomic E-state index is 13.5. The molecule has 0 atom stereocenters. The Bertz CT molecular complexity index is 1780. The number of nitrogens with zero attached hydrogens (tertiary/aromatic N) is 4. The number of benzene rings is 2. The molecule has 0 unspecified atom stereocenters. The van der Waals surface area contributed by atoms with Crippen LogP contribution in [0.2, 0.25) is 0 Å². The molecule has 1 aromatic heterocycles. The summed E-state index contributed by atoms with van der Waals surface area (Å²) < 4.78 is 11.7. The zero-order valence-corrected chi connectivity index (χ0v) is 24.9. The molecule has 2 aromatic carbocycles. The number of amides is 1. The molecule has 1 aliphatic carbocycles. The summed E-state index contributed by atoms with van der Waals surface area (Å²) in [7, 11) is 0. The smallest absolute Gasteiger partial charge is 0.359 e. The number of carbonyl (C=O) groups is 3. The minimum absolute atomic E-state index is 0.0541. The van der Waals surface area contributed by atoms with Crippen LogP contribution in [0.25, 0.3) is 11.8 Å². The van der Waals surface area contributed by atoms with Crippen molar-refractivity contribution in [2.24, 2.45) is 5.10 Å².